The maximum absolute atomic E-state index is 12.8. The van der Waals surface area contributed by atoms with Crippen LogP contribution in [-0.2, 0) is 0 Å². The first kappa shape index (κ1) is 15.6. The standard InChI is InChI=1S/C17H19BrN2O/c1-10-5-6-16(11(2)7-10)20(4)17(21)14-8-13(18)9-15(19)12(14)3/h5-9H,19H2,1-4H3. The molecule has 0 bridgehead atoms. The van der Waals surface area contributed by atoms with Crippen LogP contribution in [0.5, 0.6) is 0 Å². The predicted octanol–water partition coefficient (Wildman–Crippen LogP) is 4.23. The molecule has 0 spiro atoms. The molecule has 2 rings (SSSR count). The number of nitrogen functional groups attached to an aromatic ring is 1. The van der Waals surface area contributed by atoms with Gasteiger partial charge in [0.1, 0.15) is 0 Å². The molecule has 21 heavy (non-hydrogen) atoms. The summed E-state index contributed by atoms with van der Waals surface area (Å²) in [4.78, 5) is 14.4. The smallest absolute Gasteiger partial charge is 0.258 e. The first-order valence-electron chi connectivity index (χ1n) is 6.72. The van der Waals surface area contributed by atoms with Crippen molar-refractivity contribution in [1.29, 1.82) is 0 Å². The summed E-state index contributed by atoms with van der Waals surface area (Å²) < 4.78 is 0.808. The Labute approximate surface area is 133 Å². The Morgan fingerprint density at radius 2 is 1.81 bits per heavy atom. The van der Waals surface area contributed by atoms with Crippen molar-refractivity contribution in [3.8, 4) is 0 Å². The Morgan fingerprint density at radius 3 is 2.43 bits per heavy atom. The molecule has 3 nitrogen and oxygen atoms in total. The summed E-state index contributed by atoms with van der Waals surface area (Å²) in [6, 6.07) is 9.67. The van der Waals surface area contributed by atoms with Crippen LogP contribution in [0.4, 0.5) is 11.4 Å². The van der Waals surface area contributed by atoms with Gasteiger partial charge in [-0.2, -0.15) is 0 Å². The molecule has 0 radical (unpaired) electrons. The summed E-state index contributed by atoms with van der Waals surface area (Å²) >= 11 is 3.39. The van der Waals surface area contributed by atoms with Gasteiger partial charge in [0.15, 0.2) is 0 Å². The Kier molecular flexibility index (Phi) is 4.37. The second kappa shape index (κ2) is 5.90. The van der Waals surface area contributed by atoms with Crippen LogP contribution in [0.25, 0.3) is 0 Å². The van der Waals surface area contributed by atoms with Crippen LogP contribution in [0.3, 0.4) is 0 Å². The van der Waals surface area contributed by atoms with Gasteiger partial charge in [0, 0.05) is 28.5 Å². The zero-order valence-corrected chi connectivity index (χ0v) is 14.3. The van der Waals surface area contributed by atoms with Gasteiger partial charge in [-0.1, -0.05) is 33.6 Å². The number of nitrogens with two attached hydrogens (primary N) is 1. The van der Waals surface area contributed by atoms with Crippen LogP contribution in [0.15, 0.2) is 34.8 Å². The van der Waals surface area contributed by atoms with E-state index in [1.54, 1.807) is 11.9 Å². The van der Waals surface area contributed by atoms with Crippen LogP contribution in [0, 0.1) is 20.8 Å². The SMILES string of the molecule is Cc1ccc(N(C)C(=O)c2cc(Br)cc(N)c2C)c(C)c1. The number of aryl methyl sites for hydroxylation is 2. The van der Waals surface area contributed by atoms with Gasteiger partial charge in [-0.05, 0) is 50.1 Å². The summed E-state index contributed by atoms with van der Waals surface area (Å²) in [7, 11) is 1.79. The molecule has 0 saturated carbocycles. The monoisotopic (exact) mass is 346 g/mol. The van der Waals surface area contributed by atoms with Crippen LogP contribution in [0.2, 0.25) is 0 Å². The Balaban J connectivity index is 2.44. The molecule has 0 aliphatic heterocycles. The molecule has 2 aromatic carbocycles. The van der Waals surface area contributed by atoms with Gasteiger partial charge in [0.25, 0.3) is 5.91 Å². The average molecular weight is 347 g/mol. The van der Waals surface area contributed by atoms with Gasteiger partial charge in [0.05, 0.1) is 0 Å². The van der Waals surface area contributed by atoms with E-state index >= 15 is 0 Å². The third-order valence-electron chi connectivity index (χ3n) is 3.66. The molecule has 0 aliphatic carbocycles. The fourth-order valence-corrected chi connectivity index (χ4v) is 2.87. The number of hydrogen-bond acceptors (Lipinski definition) is 2. The molecule has 0 fully saturated rings. The first-order valence-corrected chi connectivity index (χ1v) is 7.51. The summed E-state index contributed by atoms with van der Waals surface area (Å²) in [5.74, 6) is -0.0625. The van der Waals surface area contributed by atoms with E-state index in [0.717, 1.165) is 21.3 Å². The highest BCUT2D eigenvalue weighted by Crippen LogP contribution is 2.27. The van der Waals surface area contributed by atoms with E-state index in [1.807, 2.05) is 45.0 Å². The minimum Gasteiger partial charge on any atom is -0.398 e. The number of carbonyl (C=O) groups is 1. The third kappa shape index (κ3) is 3.10. The number of rotatable bonds is 2. The fourth-order valence-electron chi connectivity index (χ4n) is 2.39. The molecule has 0 aromatic heterocycles. The summed E-state index contributed by atoms with van der Waals surface area (Å²) in [6.07, 6.45) is 0. The Morgan fingerprint density at radius 1 is 1.14 bits per heavy atom. The summed E-state index contributed by atoms with van der Waals surface area (Å²) in [5, 5.41) is 0. The molecule has 0 unspecified atom stereocenters. The third-order valence-corrected chi connectivity index (χ3v) is 4.12. The van der Waals surface area contributed by atoms with Crippen molar-refractivity contribution in [1.82, 2.24) is 0 Å². The Hall–Kier alpha value is -1.81. The van der Waals surface area contributed by atoms with E-state index in [4.69, 9.17) is 5.73 Å². The molecule has 0 heterocycles. The van der Waals surface area contributed by atoms with Crippen LogP contribution < -0.4 is 10.6 Å². The van der Waals surface area contributed by atoms with E-state index in [9.17, 15) is 4.79 Å². The van der Waals surface area contributed by atoms with Crippen molar-refractivity contribution in [2.75, 3.05) is 17.7 Å². The largest absolute Gasteiger partial charge is 0.398 e. The average Bonchev–Trinajstić information content (AvgIpc) is 2.41. The van der Waals surface area contributed by atoms with Crippen molar-refractivity contribution in [3.63, 3.8) is 0 Å². The quantitative estimate of drug-likeness (QED) is 0.827. The molecule has 110 valence electrons. The highest BCUT2D eigenvalue weighted by Gasteiger charge is 2.18. The van der Waals surface area contributed by atoms with E-state index in [2.05, 4.69) is 22.0 Å². The molecule has 2 aromatic rings. The number of carbonyl (C=O) groups excluding carboxylic acids is 1. The van der Waals surface area contributed by atoms with Crippen LogP contribution >= 0.6 is 15.9 Å². The Bertz CT molecular complexity index is 710. The zero-order valence-electron chi connectivity index (χ0n) is 12.7. The van der Waals surface area contributed by atoms with Gasteiger partial charge in [-0.15, -0.1) is 0 Å². The molecule has 4 heteroatoms. The van der Waals surface area contributed by atoms with Crippen molar-refractivity contribution in [2.45, 2.75) is 20.8 Å². The number of amides is 1. The van der Waals surface area contributed by atoms with Gasteiger partial charge < -0.3 is 10.6 Å². The number of anilines is 2. The second-order valence-corrected chi connectivity index (χ2v) is 6.24. The fraction of sp³-hybridized carbons (Fsp3) is 0.235. The van der Waals surface area contributed by atoms with E-state index < -0.39 is 0 Å². The second-order valence-electron chi connectivity index (χ2n) is 5.32. The lowest BCUT2D eigenvalue weighted by Gasteiger charge is -2.21. The van der Waals surface area contributed by atoms with E-state index in [0.29, 0.717) is 11.3 Å². The first-order chi connectivity index (χ1) is 9.81. The van der Waals surface area contributed by atoms with Crippen LogP contribution in [0.1, 0.15) is 27.0 Å². The zero-order chi connectivity index (χ0) is 15.7. The maximum Gasteiger partial charge on any atom is 0.258 e. The molecule has 2 N–H and O–H groups in total. The molecule has 0 aliphatic rings. The molecular formula is C17H19BrN2O. The minimum atomic E-state index is -0.0625. The van der Waals surface area contributed by atoms with Crippen molar-refractivity contribution in [3.05, 3.63) is 57.1 Å². The van der Waals surface area contributed by atoms with Crippen LogP contribution in [-0.4, -0.2) is 13.0 Å². The number of nitrogens with zero attached hydrogens (tertiary/aromatic N) is 1. The summed E-state index contributed by atoms with van der Waals surface area (Å²) in [5.41, 5.74) is 11.1. The number of hydrogen-bond donors (Lipinski definition) is 1. The number of benzene rings is 2. The maximum atomic E-state index is 12.8. The van der Waals surface area contributed by atoms with Gasteiger partial charge in [0.2, 0.25) is 0 Å². The van der Waals surface area contributed by atoms with Gasteiger partial charge >= 0.3 is 0 Å². The molecule has 0 saturated heterocycles. The number of halogens is 1. The van der Waals surface area contributed by atoms with E-state index in [-0.39, 0.29) is 5.91 Å². The highest BCUT2D eigenvalue weighted by atomic mass is 79.9. The summed E-state index contributed by atoms with van der Waals surface area (Å²) in [6.45, 7) is 5.91. The lowest BCUT2D eigenvalue weighted by Crippen LogP contribution is -2.27. The predicted molar refractivity (Wildman–Crippen MR) is 91.9 cm³/mol. The topological polar surface area (TPSA) is 46.3 Å². The van der Waals surface area contributed by atoms with E-state index in [1.165, 1.54) is 5.56 Å². The van der Waals surface area contributed by atoms with Crippen molar-refractivity contribution in [2.24, 2.45) is 0 Å². The molecule has 1 amide bonds. The lowest BCUT2D eigenvalue weighted by molar-refractivity contribution is 0.0992. The van der Waals surface area contributed by atoms with Crippen molar-refractivity contribution >= 4 is 33.2 Å². The van der Waals surface area contributed by atoms with Gasteiger partial charge in [-0.25, -0.2) is 0 Å². The van der Waals surface area contributed by atoms with Gasteiger partial charge in [-0.3, -0.25) is 4.79 Å². The normalized spacial score (nSPS) is 10.5. The molecule has 0 atom stereocenters. The molecular weight excluding hydrogens is 328 g/mol. The van der Waals surface area contributed by atoms with Crippen molar-refractivity contribution < 1.29 is 4.79 Å². The minimum absolute atomic E-state index is 0.0625. The highest BCUT2D eigenvalue weighted by molar-refractivity contribution is 9.10. The lowest BCUT2D eigenvalue weighted by atomic mass is 10.0.